The average Bonchev–Trinajstić information content (AvgIpc) is 2.56. The van der Waals surface area contributed by atoms with Gasteiger partial charge in [0.15, 0.2) is 0 Å². The summed E-state index contributed by atoms with van der Waals surface area (Å²) < 4.78 is 0. The van der Waals surface area contributed by atoms with E-state index in [9.17, 15) is 4.79 Å². The highest BCUT2D eigenvalue weighted by Gasteiger charge is 2.12. The molecular formula is C18H24N4O. The van der Waals surface area contributed by atoms with E-state index >= 15 is 0 Å². The molecule has 1 heterocycles. The quantitative estimate of drug-likeness (QED) is 0.885. The topological polar surface area (TPSA) is 58.1 Å². The van der Waals surface area contributed by atoms with Crippen molar-refractivity contribution < 1.29 is 4.79 Å². The van der Waals surface area contributed by atoms with E-state index in [1.165, 1.54) is 0 Å². The van der Waals surface area contributed by atoms with E-state index in [0.717, 1.165) is 36.2 Å². The SMILES string of the molecule is CCCCN(C)c1nccc(C(=O)Nc2cc(C)ccc2C)n1. The van der Waals surface area contributed by atoms with E-state index in [1.807, 2.05) is 44.0 Å². The van der Waals surface area contributed by atoms with Gasteiger partial charge in [-0.25, -0.2) is 9.97 Å². The van der Waals surface area contributed by atoms with Gasteiger partial charge in [0.25, 0.3) is 5.91 Å². The maximum absolute atomic E-state index is 12.4. The zero-order chi connectivity index (χ0) is 16.8. The minimum Gasteiger partial charge on any atom is -0.344 e. The molecule has 0 bridgehead atoms. The second-order valence-corrected chi connectivity index (χ2v) is 5.79. The summed E-state index contributed by atoms with van der Waals surface area (Å²) in [6.07, 6.45) is 3.80. The van der Waals surface area contributed by atoms with E-state index in [-0.39, 0.29) is 5.91 Å². The molecule has 0 saturated carbocycles. The monoisotopic (exact) mass is 312 g/mol. The molecule has 1 N–H and O–H groups in total. The molecule has 1 amide bonds. The van der Waals surface area contributed by atoms with Crippen LogP contribution in [0.1, 0.15) is 41.4 Å². The summed E-state index contributed by atoms with van der Waals surface area (Å²) in [6.45, 7) is 6.99. The van der Waals surface area contributed by atoms with Gasteiger partial charge in [-0.2, -0.15) is 0 Å². The molecule has 1 aromatic heterocycles. The number of nitrogens with one attached hydrogen (secondary N) is 1. The summed E-state index contributed by atoms with van der Waals surface area (Å²) in [4.78, 5) is 23.0. The zero-order valence-corrected chi connectivity index (χ0v) is 14.3. The molecule has 0 aliphatic carbocycles. The molecule has 0 spiro atoms. The van der Waals surface area contributed by atoms with Crippen molar-refractivity contribution in [3.8, 4) is 0 Å². The number of anilines is 2. The molecule has 1 aromatic carbocycles. The second-order valence-electron chi connectivity index (χ2n) is 5.79. The van der Waals surface area contributed by atoms with Crippen LogP contribution in [-0.4, -0.2) is 29.5 Å². The Kier molecular flexibility index (Phi) is 5.68. The van der Waals surface area contributed by atoms with Crippen LogP contribution < -0.4 is 10.2 Å². The summed E-state index contributed by atoms with van der Waals surface area (Å²) in [5.41, 5.74) is 3.32. The minimum absolute atomic E-state index is 0.216. The molecule has 23 heavy (non-hydrogen) atoms. The Bertz CT molecular complexity index is 684. The summed E-state index contributed by atoms with van der Waals surface area (Å²) in [6, 6.07) is 7.62. The Morgan fingerprint density at radius 1 is 1.26 bits per heavy atom. The standard InChI is InChI=1S/C18H24N4O/c1-5-6-11-22(4)18-19-10-9-15(21-18)17(23)20-16-12-13(2)7-8-14(16)3/h7-10,12H,5-6,11H2,1-4H3,(H,20,23). The number of aromatic nitrogens is 2. The molecule has 0 radical (unpaired) electrons. The number of aryl methyl sites for hydroxylation is 2. The fraction of sp³-hybridized carbons (Fsp3) is 0.389. The van der Waals surface area contributed by atoms with Crippen molar-refractivity contribution in [1.29, 1.82) is 0 Å². The molecule has 0 saturated heterocycles. The minimum atomic E-state index is -0.216. The molecule has 0 aliphatic heterocycles. The van der Waals surface area contributed by atoms with Crippen LogP contribution in [0.3, 0.4) is 0 Å². The van der Waals surface area contributed by atoms with E-state index in [1.54, 1.807) is 12.3 Å². The van der Waals surface area contributed by atoms with Gasteiger partial charge in [-0.1, -0.05) is 25.5 Å². The van der Waals surface area contributed by atoms with Crippen molar-refractivity contribution in [1.82, 2.24) is 9.97 Å². The third-order valence-corrected chi connectivity index (χ3v) is 3.71. The summed E-state index contributed by atoms with van der Waals surface area (Å²) >= 11 is 0. The van der Waals surface area contributed by atoms with Gasteiger partial charge in [-0.3, -0.25) is 4.79 Å². The van der Waals surface area contributed by atoms with Crippen molar-refractivity contribution in [2.24, 2.45) is 0 Å². The van der Waals surface area contributed by atoms with Crippen LogP contribution in [0.2, 0.25) is 0 Å². The van der Waals surface area contributed by atoms with Crippen LogP contribution >= 0.6 is 0 Å². The van der Waals surface area contributed by atoms with E-state index in [0.29, 0.717) is 11.6 Å². The lowest BCUT2D eigenvalue weighted by Gasteiger charge is -2.17. The third kappa shape index (κ3) is 4.52. The maximum atomic E-state index is 12.4. The summed E-state index contributed by atoms with van der Waals surface area (Å²) in [7, 11) is 1.94. The van der Waals surface area contributed by atoms with Gasteiger partial charge in [0.2, 0.25) is 5.95 Å². The number of carbonyl (C=O) groups is 1. The first-order valence-electron chi connectivity index (χ1n) is 7.94. The molecule has 5 heteroatoms. The number of unbranched alkanes of at least 4 members (excludes halogenated alkanes) is 1. The molecule has 0 aliphatic rings. The van der Waals surface area contributed by atoms with Crippen LogP contribution in [0, 0.1) is 13.8 Å². The smallest absolute Gasteiger partial charge is 0.274 e. The molecule has 122 valence electrons. The van der Waals surface area contributed by atoms with E-state index in [2.05, 4.69) is 22.2 Å². The third-order valence-electron chi connectivity index (χ3n) is 3.71. The average molecular weight is 312 g/mol. The number of rotatable bonds is 6. The van der Waals surface area contributed by atoms with Crippen molar-refractivity contribution in [2.75, 3.05) is 23.8 Å². The van der Waals surface area contributed by atoms with Crippen LogP contribution in [0.4, 0.5) is 11.6 Å². The number of hydrogen-bond donors (Lipinski definition) is 1. The van der Waals surface area contributed by atoms with Gasteiger partial charge in [-0.05, 0) is 43.5 Å². The van der Waals surface area contributed by atoms with Crippen LogP contribution in [-0.2, 0) is 0 Å². The van der Waals surface area contributed by atoms with Gasteiger partial charge in [0.1, 0.15) is 5.69 Å². The Balaban J connectivity index is 2.15. The number of hydrogen-bond acceptors (Lipinski definition) is 4. The number of nitrogens with zero attached hydrogens (tertiary/aromatic N) is 3. The predicted octanol–water partition coefficient (Wildman–Crippen LogP) is 3.58. The second kappa shape index (κ2) is 7.72. The summed E-state index contributed by atoms with van der Waals surface area (Å²) in [5, 5.41) is 2.93. The van der Waals surface area contributed by atoms with Crippen LogP contribution in [0.5, 0.6) is 0 Å². The lowest BCUT2D eigenvalue weighted by molar-refractivity contribution is 0.102. The largest absolute Gasteiger partial charge is 0.344 e. The lowest BCUT2D eigenvalue weighted by Crippen LogP contribution is -2.23. The van der Waals surface area contributed by atoms with Crippen molar-refractivity contribution in [3.05, 3.63) is 47.3 Å². The lowest BCUT2D eigenvalue weighted by atomic mass is 10.1. The highest BCUT2D eigenvalue weighted by Crippen LogP contribution is 2.17. The molecule has 0 atom stereocenters. The Morgan fingerprint density at radius 2 is 2.04 bits per heavy atom. The van der Waals surface area contributed by atoms with Crippen LogP contribution in [0.25, 0.3) is 0 Å². The van der Waals surface area contributed by atoms with E-state index in [4.69, 9.17) is 0 Å². The number of carbonyl (C=O) groups excluding carboxylic acids is 1. The fourth-order valence-electron chi connectivity index (χ4n) is 2.21. The zero-order valence-electron chi connectivity index (χ0n) is 14.3. The Hall–Kier alpha value is -2.43. The van der Waals surface area contributed by atoms with Crippen molar-refractivity contribution in [2.45, 2.75) is 33.6 Å². The van der Waals surface area contributed by atoms with Crippen molar-refractivity contribution >= 4 is 17.5 Å². The van der Waals surface area contributed by atoms with E-state index < -0.39 is 0 Å². The molecule has 5 nitrogen and oxygen atoms in total. The Labute approximate surface area is 137 Å². The van der Waals surface area contributed by atoms with Gasteiger partial charge >= 0.3 is 0 Å². The first-order valence-corrected chi connectivity index (χ1v) is 7.94. The van der Waals surface area contributed by atoms with Crippen LogP contribution in [0.15, 0.2) is 30.5 Å². The van der Waals surface area contributed by atoms with Gasteiger partial charge in [0, 0.05) is 25.5 Å². The first kappa shape index (κ1) is 16.9. The van der Waals surface area contributed by atoms with Gasteiger partial charge in [0.05, 0.1) is 0 Å². The fourth-order valence-corrected chi connectivity index (χ4v) is 2.21. The first-order chi connectivity index (χ1) is 11.0. The summed E-state index contributed by atoms with van der Waals surface area (Å²) in [5.74, 6) is 0.360. The highest BCUT2D eigenvalue weighted by molar-refractivity contribution is 6.03. The molecular weight excluding hydrogens is 288 g/mol. The number of benzene rings is 1. The molecule has 2 rings (SSSR count). The maximum Gasteiger partial charge on any atom is 0.274 e. The molecule has 2 aromatic rings. The van der Waals surface area contributed by atoms with Gasteiger partial charge in [-0.15, -0.1) is 0 Å². The normalized spacial score (nSPS) is 10.4. The van der Waals surface area contributed by atoms with Gasteiger partial charge < -0.3 is 10.2 Å². The number of amides is 1. The Morgan fingerprint density at radius 3 is 2.78 bits per heavy atom. The molecule has 0 fully saturated rings. The predicted molar refractivity (Wildman–Crippen MR) is 94.1 cm³/mol. The van der Waals surface area contributed by atoms with Crippen molar-refractivity contribution in [3.63, 3.8) is 0 Å². The highest BCUT2D eigenvalue weighted by atomic mass is 16.1. The molecule has 0 unspecified atom stereocenters.